The summed E-state index contributed by atoms with van der Waals surface area (Å²) < 4.78 is 5.75. The molecule has 0 saturated heterocycles. The van der Waals surface area contributed by atoms with Crippen molar-refractivity contribution in [3.05, 3.63) is 94.5 Å². The molecule has 0 radical (unpaired) electrons. The van der Waals surface area contributed by atoms with Gasteiger partial charge in [0.25, 0.3) is 5.89 Å². The highest BCUT2D eigenvalue weighted by Crippen LogP contribution is 2.42. The van der Waals surface area contributed by atoms with Gasteiger partial charge in [-0.05, 0) is 83.0 Å². The quantitative estimate of drug-likeness (QED) is 0.275. The Hall–Kier alpha value is -3.53. The van der Waals surface area contributed by atoms with E-state index in [1.165, 1.54) is 53.5 Å². The van der Waals surface area contributed by atoms with Crippen molar-refractivity contribution in [3.63, 3.8) is 0 Å². The summed E-state index contributed by atoms with van der Waals surface area (Å²) in [5.74, 6) is 1.88. The molecule has 6 rings (SSSR count). The lowest BCUT2D eigenvalue weighted by Crippen LogP contribution is -2.15. The van der Waals surface area contributed by atoms with E-state index < -0.39 is 0 Å². The van der Waals surface area contributed by atoms with Crippen LogP contribution in [0.5, 0.6) is 0 Å². The van der Waals surface area contributed by atoms with Gasteiger partial charge in [0.1, 0.15) is 0 Å². The van der Waals surface area contributed by atoms with Crippen LogP contribution in [0.15, 0.2) is 76.2 Å². The number of hydrogen-bond donors (Lipinski definition) is 0. The molecule has 0 bridgehead atoms. The Kier molecular flexibility index (Phi) is 6.27. The van der Waals surface area contributed by atoms with Crippen LogP contribution >= 0.6 is 0 Å². The molecule has 1 aliphatic heterocycles. The zero-order chi connectivity index (χ0) is 25.4. The van der Waals surface area contributed by atoms with Crippen molar-refractivity contribution in [1.29, 1.82) is 0 Å². The summed E-state index contributed by atoms with van der Waals surface area (Å²) >= 11 is 0. The van der Waals surface area contributed by atoms with Crippen LogP contribution < -0.4 is 0 Å². The van der Waals surface area contributed by atoms with E-state index in [2.05, 4.69) is 92.7 Å². The summed E-state index contributed by atoms with van der Waals surface area (Å²) in [5.41, 5.74) is 8.56. The molecule has 4 nitrogen and oxygen atoms in total. The molecule has 37 heavy (non-hydrogen) atoms. The van der Waals surface area contributed by atoms with Crippen LogP contribution in [-0.2, 0) is 18.3 Å². The van der Waals surface area contributed by atoms with Gasteiger partial charge in [-0.2, -0.15) is 4.98 Å². The molecule has 1 aromatic heterocycles. The van der Waals surface area contributed by atoms with E-state index in [4.69, 9.17) is 14.5 Å². The molecule has 4 heteroatoms. The SMILES string of the molecule is CC(C)(C)c1cc(-c2noc(-c3ccc4c(c3)C=NC4C3CCCC3)n2)ccc1CCc1ccccc1. The zero-order valence-corrected chi connectivity index (χ0v) is 22.1. The van der Waals surface area contributed by atoms with Crippen LogP contribution in [0.1, 0.15) is 80.3 Å². The van der Waals surface area contributed by atoms with Crippen LogP contribution in [0.25, 0.3) is 22.8 Å². The smallest absolute Gasteiger partial charge is 0.258 e. The Morgan fingerprint density at radius 2 is 1.65 bits per heavy atom. The molecule has 0 amide bonds. The monoisotopic (exact) mass is 489 g/mol. The summed E-state index contributed by atoms with van der Waals surface area (Å²) in [6.07, 6.45) is 9.31. The molecule has 2 heterocycles. The first-order valence-corrected chi connectivity index (χ1v) is 13.6. The average molecular weight is 490 g/mol. The third kappa shape index (κ3) is 4.90. The van der Waals surface area contributed by atoms with Gasteiger partial charge >= 0.3 is 0 Å². The van der Waals surface area contributed by atoms with E-state index in [1.54, 1.807) is 0 Å². The first kappa shape index (κ1) is 23.8. The van der Waals surface area contributed by atoms with E-state index >= 15 is 0 Å². The lowest BCUT2D eigenvalue weighted by Gasteiger charge is -2.24. The molecular weight excluding hydrogens is 454 g/mol. The Morgan fingerprint density at radius 1 is 0.865 bits per heavy atom. The highest BCUT2D eigenvalue weighted by atomic mass is 16.5. The van der Waals surface area contributed by atoms with Crippen LogP contribution in [0.2, 0.25) is 0 Å². The fraction of sp³-hybridized carbons (Fsp3) is 0.364. The molecule has 1 aliphatic carbocycles. The highest BCUT2D eigenvalue weighted by Gasteiger charge is 2.30. The van der Waals surface area contributed by atoms with Crippen molar-refractivity contribution >= 4 is 6.21 Å². The maximum Gasteiger partial charge on any atom is 0.258 e. The topological polar surface area (TPSA) is 51.3 Å². The van der Waals surface area contributed by atoms with E-state index in [0.717, 1.165) is 24.0 Å². The molecule has 188 valence electrons. The Bertz CT molecular complexity index is 1420. The fourth-order valence-corrected chi connectivity index (χ4v) is 5.99. The van der Waals surface area contributed by atoms with Gasteiger partial charge in [0, 0.05) is 17.3 Å². The van der Waals surface area contributed by atoms with Gasteiger partial charge < -0.3 is 4.52 Å². The zero-order valence-electron chi connectivity index (χ0n) is 22.1. The van der Waals surface area contributed by atoms with E-state index in [-0.39, 0.29) is 5.41 Å². The van der Waals surface area contributed by atoms with Crippen LogP contribution in [0.4, 0.5) is 0 Å². The van der Waals surface area contributed by atoms with Crippen molar-refractivity contribution in [3.8, 4) is 22.8 Å². The Morgan fingerprint density at radius 3 is 2.43 bits per heavy atom. The molecule has 1 unspecified atom stereocenters. The predicted molar refractivity (Wildman–Crippen MR) is 150 cm³/mol. The number of aryl methyl sites for hydroxylation is 2. The number of aliphatic imine (C=N–C) groups is 1. The second-order valence-corrected chi connectivity index (χ2v) is 11.6. The number of nitrogens with zero attached hydrogens (tertiary/aromatic N) is 3. The van der Waals surface area contributed by atoms with E-state index in [1.807, 2.05) is 6.21 Å². The second-order valence-electron chi connectivity index (χ2n) is 11.6. The van der Waals surface area contributed by atoms with Crippen LogP contribution in [0.3, 0.4) is 0 Å². The highest BCUT2D eigenvalue weighted by molar-refractivity contribution is 5.87. The maximum atomic E-state index is 5.75. The molecule has 3 aromatic carbocycles. The molecule has 0 N–H and O–H groups in total. The van der Waals surface area contributed by atoms with Crippen molar-refractivity contribution in [2.45, 2.75) is 70.8 Å². The standard InChI is InChI=1S/C33H35N3O/c1-33(2,3)29-20-25(16-15-23(29)14-13-22-9-5-4-6-10-22)31-35-32(37-36-31)26-17-18-28-27(19-26)21-34-30(28)24-11-7-8-12-24/h4-6,9-10,15-21,24,30H,7-8,11-14H2,1-3H3. The maximum absolute atomic E-state index is 5.75. The summed E-state index contributed by atoms with van der Waals surface area (Å²) in [6, 6.07) is 24.1. The largest absolute Gasteiger partial charge is 0.334 e. The predicted octanol–water partition coefficient (Wildman–Crippen LogP) is 8.15. The molecular formula is C33H35N3O. The third-order valence-corrected chi connectivity index (χ3v) is 8.00. The normalized spacial score (nSPS) is 17.4. The number of fused-ring (bicyclic) bond motifs is 1. The third-order valence-electron chi connectivity index (χ3n) is 8.00. The molecule has 1 saturated carbocycles. The van der Waals surface area contributed by atoms with Crippen molar-refractivity contribution in [2.75, 3.05) is 0 Å². The van der Waals surface area contributed by atoms with E-state index in [9.17, 15) is 0 Å². The minimum atomic E-state index is 0.0176. The van der Waals surface area contributed by atoms with Crippen LogP contribution in [0, 0.1) is 5.92 Å². The first-order chi connectivity index (χ1) is 18.0. The molecule has 4 aromatic rings. The number of aromatic nitrogens is 2. The van der Waals surface area contributed by atoms with Gasteiger partial charge in [-0.25, -0.2) is 0 Å². The van der Waals surface area contributed by atoms with Gasteiger partial charge in [-0.1, -0.05) is 87.3 Å². The molecule has 1 atom stereocenters. The van der Waals surface area contributed by atoms with Gasteiger partial charge in [-0.15, -0.1) is 0 Å². The minimum absolute atomic E-state index is 0.0176. The second kappa shape index (κ2) is 9.74. The number of hydrogen-bond acceptors (Lipinski definition) is 4. The Balaban J connectivity index is 1.24. The summed E-state index contributed by atoms with van der Waals surface area (Å²) in [4.78, 5) is 9.65. The summed E-state index contributed by atoms with van der Waals surface area (Å²) in [6.45, 7) is 6.81. The molecule has 1 fully saturated rings. The van der Waals surface area contributed by atoms with Gasteiger partial charge in [-0.3, -0.25) is 4.99 Å². The first-order valence-electron chi connectivity index (χ1n) is 13.6. The number of benzene rings is 3. The van der Waals surface area contributed by atoms with Crippen molar-refractivity contribution in [1.82, 2.24) is 10.1 Å². The minimum Gasteiger partial charge on any atom is -0.334 e. The fourth-order valence-electron chi connectivity index (χ4n) is 5.99. The lowest BCUT2D eigenvalue weighted by molar-refractivity contribution is 0.432. The van der Waals surface area contributed by atoms with Gasteiger partial charge in [0.2, 0.25) is 5.82 Å². The molecule has 0 spiro atoms. The summed E-state index contributed by atoms with van der Waals surface area (Å²) in [7, 11) is 0. The average Bonchev–Trinajstić information content (AvgIpc) is 3.68. The lowest BCUT2D eigenvalue weighted by atomic mass is 9.81. The number of rotatable bonds is 6. The van der Waals surface area contributed by atoms with Gasteiger partial charge in [0.15, 0.2) is 0 Å². The molecule has 2 aliphatic rings. The van der Waals surface area contributed by atoms with Crippen LogP contribution in [-0.4, -0.2) is 16.4 Å². The van der Waals surface area contributed by atoms with Crippen molar-refractivity contribution < 1.29 is 4.52 Å². The Labute approximate surface area is 219 Å². The van der Waals surface area contributed by atoms with Crippen molar-refractivity contribution in [2.24, 2.45) is 10.9 Å². The van der Waals surface area contributed by atoms with E-state index in [0.29, 0.717) is 23.7 Å². The summed E-state index contributed by atoms with van der Waals surface area (Å²) in [5, 5.41) is 4.36. The van der Waals surface area contributed by atoms with Gasteiger partial charge in [0.05, 0.1) is 6.04 Å².